The topological polar surface area (TPSA) is 56.0 Å². The van der Waals surface area contributed by atoms with Crippen LogP contribution in [0.3, 0.4) is 0 Å². The lowest BCUT2D eigenvalue weighted by molar-refractivity contribution is -0.111. The van der Waals surface area contributed by atoms with Crippen molar-refractivity contribution in [3.63, 3.8) is 0 Å². The monoisotopic (exact) mass is 302 g/mol. The smallest absolute Gasteiger partial charge is 0.404 e. The van der Waals surface area contributed by atoms with Gasteiger partial charge in [-0.2, -0.15) is 13.2 Å². The van der Waals surface area contributed by atoms with Gasteiger partial charge < -0.3 is 5.73 Å². The summed E-state index contributed by atoms with van der Waals surface area (Å²) in [5, 5.41) is 0.282. The molecule has 20 heavy (non-hydrogen) atoms. The third-order valence-corrected chi connectivity index (χ3v) is 3.57. The number of Topliss-reactive ketones (excluding diaryl/α,β-unsaturated/α-hetero) is 1. The van der Waals surface area contributed by atoms with Crippen LogP contribution in [-0.4, -0.2) is 16.9 Å². The Morgan fingerprint density at radius 2 is 2.05 bits per heavy atom. The largest absolute Gasteiger partial charge is 0.416 e. The van der Waals surface area contributed by atoms with Gasteiger partial charge in [0.25, 0.3) is 0 Å². The van der Waals surface area contributed by atoms with Gasteiger partial charge in [-0.25, -0.2) is 4.98 Å². The van der Waals surface area contributed by atoms with Crippen LogP contribution in [0.1, 0.15) is 23.7 Å². The maximum absolute atomic E-state index is 12.7. The molecule has 0 spiro atoms. The highest BCUT2D eigenvalue weighted by molar-refractivity contribution is 7.14. The molecule has 0 amide bonds. The second kappa shape index (κ2) is 6.04. The Morgan fingerprint density at radius 1 is 1.45 bits per heavy atom. The first kappa shape index (κ1) is 16.2. The molecule has 0 bridgehead atoms. The van der Waals surface area contributed by atoms with Crippen LogP contribution < -0.4 is 5.73 Å². The maximum Gasteiger partial charge on any atom is 0.416 e. The molecule has 0 atom stereocenters. The average Bonchev–Trinajstić information content (AvgIpc) is 2.78. The van der Waals surface area contributed by atoms with E-state index in [9.17, 15) is 18.0 Å². The second-order valence-corrected chi connectivity index (χ2v) is 4.88. The number of ketones is 1. The van der Waals surface area contributed by atoms with Gasteiger partial charge in [0.15, 0.2) is 5.78 Å². The molecule has 0 aliphatic rings. The Balaban J connectivity index is 3.20. The molecule has 0 fully saturated rings. The Hall–Kier alpha value is -1.89. The van der Waals surface area contributed by atoms with Crippen molar-refractivity contribution < 1.29 is 18.0 Å². The van der Waals surface area contributed by atoms with Crippen LogP contribution >= 0.6 is 11.3 Å². The fraction of sp³-hybridized carbons (Fsp3) is 0.231. The van der Waals surface area contributed by atoms with Gasteiger partial charge in [-0.3, -0.25) is 4.79 Å². The molecule has 1 rings (SSSR count). The number of aromatic nitrogens is 1. The summed E-state index contributed by atoms with van der Waals surface area (Å²) in [6.07, 6.45) is -0.830. The normalized spacial score (nSPS) is 13.4. The van der Waals surface area contributed by atoms with Crippen LogP contribution in [0.2, 0.25) is 0 Å². The van der Waals surface area contributed by atoms with Gasteiger partial charge in [0, 0.05) is 18.0 Å². The van der Waals surface area contributed by atoms with Crippen LogP contribution in [0.15, 0.2) is 30.6 Å². The molecule has 1 aromatic rings. The summed E-state index contributed by atoms with van der Waals surface area (Å²) >= 11 is 0.962. The van der Waals surface area contributed by atoms with Crippen molar-refractivity contribution in [1.29, 1.82) is 0 Å². The molecular formula is C13H13F3N2OS. The number of rotatable bonds is 4. The first-order chi connectivity index (χ1) is 9.22. The fourth-order valence-electron chi connectivity index (χ4n) is 1.48. The number of thiazole rings is 1. The number of hydrogen-bond acceptors (Lipinski definition) is 4. The zero-order chi connectivity index (χ0) is 15.5. The molecule has 108 valence electrons. The predicted molar refractivity (Wildman–Crippen MR) is 73.8 cm³/mol. The van der Waals surface area contributed by atoms with E-state index in [-0.39, 0.29) is 26.8 Å². The standard InChI is InChI=1S/C13H13F3N2OS/c1-4-9(7(2)13(14,15)16)11-6-18-12(20-11)10(5-17)8(3)19/h4-6H,2,17H2,1,3H3/b9-4+,10-5?. The van der Waals surface area contributed by atoms with E-state index < -0.39 is 11.7 Å². The predicted octanol–water partition coefficient (Wildman–Crippen LogP) is 3.55. The number of alkyl halides is 3. The highest BCUT2D eigenvalue weighted by Gasteiger charge is 2.35. The first-order valence-electron chi connectivity index (χ1n) is 5.54. The fourth-order valence-corrected chi connectivity index (χ4v) is 2.57. The average molecular weight is 302 g/mol. The number of carbonyl (C=O) groups excluding carboxylic acids is 1. The molecular weight excluding hydrogens is 289 g/mol. The molecule has 0 saturated carbocycles. The van der Waals surface area contributed by atoms with Crippen molar-refractivity contribution in [2.75, 3.05) is 0 Å². The van der Waals surface area contributed by atoms with Crippen LogP contribution in [0.5, 0.6) is 0 Å². The second-order valence-electron chi connectivity index (χ2n) is 3.84. The molecule has 0 radical (unpaired) electrons. The quantitative estimate of drug-likeness (QED) is 0.683. The summed E-state index contributed by atoms with van der Waals surface area (Å²) in [6, 6.07) is 0. The Morgan fingerprint density at radius 3 is 2.45 bits per heavy atom. The number of carbonyl (C=O) groups is 1. The molecule has 0 aromatic carbocycles. The first-order valence-corrected chi connectivity index (χ1v) is 6.36. The van der Waals surface area contributed by atoms with Gasteiger partial charge in [0.2, 0.25) is 0 Å². The van der Waals surface area contributed by atoms with E-state index in [1.54, 1.807) is 0 Å². The zero-order valence-corrected chi connectivity index (χ0v) is 11.7. The Bertz CT molecular complexity index is 597. The summed E-state index contributed by atoms with van der Waals surface area (Å²) < 4.78 is 38.1. The molecule has 0 unspecified atom stereocenters. The maximum atomic E-state index is 12.7. The van der Waals surface area contributed by atoms with Gasteiger partial charge >= 0.3 is 6.18 Å². The lowest BCUT2D eigenvalue weighted by Gasteiger charge is -2.11. The third-order valence-electron chi connectivity index (χ3n) is 2.50. The Kier molecular flexibility index (Phi) is 4.88. The van der Waals surface area contributed by atoms with Gasteiger partial charge in [0.05, 0.1) is 16.0 Å². The van der Waals surface area contributed by atoms with Crippen molar-refractivity contribution in [3.05, 3.63) is 40.5 Å². The highest BCUT2D eigenvalue weighted by Crippen LogP contribution is 2.37. The van der Waals surface area contributed by atoms with E-state index in [1.165, 1.54) is 26.1 Å². The number of nitrogens with zero attached hydrogens (tertiary/aromatic N) is 1. The minimum Gasteiger partial charge on any atom is -0.404 e. The van der Waals surface area contributed by atoms with Crippen LogP contribution in [0.25, 0.3) is 11.1 Å². The van der Waals surface area contributed by atoms with Crippen molar-refractivity contribution >= 4 is 28.3 Å². The van der Waals surface area contributed by atoms with Crippen molar-refractivity contribution in [1.82, 2.24) is 4.98 Å². The lowest BCUT2D eigenvalue weighted by Crippen LogP contribution is -2.11. The Labute approximate surface area is 118 Å². The summed E-state index contributed by atoms with van der Waals surface area (Å²) in [4.78, 5) is 15.5. The van der Waals surface area contributed by atoms with Crippen LogP contribution in [0, 0.1) is 0 Å². The van der Waals surface area contributed by atoms with Gasteiger partial charge in [0.1, 0.15) is 5.01 Å². The number of allylic oxidation sites excluding steroid dienone is 4. The van der Waals surface area contributed by atoms with E-state index in [4.69, 9.17) is 5.73 Å². The molecule has 1 heterocycles. The van der Waals surface area contributed by atoms with E-state index in [0.717, 1.165) is 17.5 Å². The molecule has 7 heteroatoms. The van der Waals surface area contributed by atoms with Gasteiger partial charge in [-0.1, -0.05) is 12.7 Å². The van der Waals surface area contributed by atoms with Gasteiger partial charge in [-0.05, 0) is 13.8 Å². The third kappa shape index (κ3) is 3.36. The highest BCUT2D eigenvalue weighted by atomic mass is 32.1. The van der Waals surface area contributed by atoms with Crippen LogP contribution in [0.4, 0.5) is 13.2 Å². The molecule has 2 N–H and O–H groups in total. The van der Waals surface area contributed by atoms with E-state index in [1.807, 2.05) is 0 Å². The van der Waals surface area contributed by atoms with Crippen molar-refractivity contribution in [2.45, 2.75) is 20.0 Å². The SMILES string of the molecule is C=C(/C(=C\C)c1cnc(C(=CN)C(C)=O)s1)C(F)(F)F. The number of hydrogen-bond donors (Lipinski definition) is 1. The van der Waals surface area contributed by atoms with E-state index >= 15 is 0 Å². The van der Waals surface area contributed by atoms with Crippen molar-refractivity contribution in [2.24, 2.45) is 5.73 Å². The number of halogens is 3. The van der Waals surface area contributed by atoms with Gasteiger partial charge in [-0.15, -0.1) is 11.3 Å². The molecule has 0 aliphatic heterocycles. The van der Waals surface area contributed by atoms with E-state index in [0.29, 0.717) is 0 Å². The summed E-state index contributed by atoms with van der Waals surface area (Å²) in [5.74, 6) is -0.301. The minimum atomic E-state index is -4.51. The molecule has 3 nitrogen and oxygen atoms in total. The molecule has 0 aliphatic carbocycles. The molecule has 1 aromatic heterocycles. The summed E-state index contributed by atoms with van der Waals surface area (Å²) in [7, 11) is 0. The van der Waals surface area contributed by atoms with Crippen LogP contribution in [-0.2, 0) is 4.79 Å². The van der Waals surface area contributed by atoms with Crippen molar-refractivity contribution in [3.8, 4) is 0 Å². The lowest BCUT2D eigenvalue weighted by atomic mass is 10.1. The molecule has 0 saturated heterocycles. The zero-order valence-electron chi connectivity index (χ0n) is 10.9. The van der Waals surface area contributed by atoms with E-state index in [2.05, 4.69) is 11.6 Å². The summed E-state index contributed by atoms with van der Waals surface area (Å²) in [6.45, 7) is 5.86. The minimum absolute atomic E-state index is 0.0545. The summed E-state index contributed by atoms with van der Waals surface area (Å²) in [5.41, 5.74) is 4.50. The number of nitrogens with two attached hydrogens (primary N) is 1.